The van der Waals surface area contributed by atoms with Crippen LogP contribution in [-0.2, 0) is 47.8 Å². The number of piperidine rings is 1. The number of nitrogens with zero attached hydrogens (tertiary/aromatic N) is 1. The van der Waals surface area contributed by atoms with E-state index in [4.69, 9.17) is 28.9 Å². The molecule has 4 amide bonds. The van der Waals surface area contributed by atoms with Crippen molar-refractivity contribution in [1.82, 2.24) is 15.5 Å². The lowest BCUT2D eigenvalue weighted by molar-refractivity contribution is -0.169. The van der Waals surface area contributed by atoms with E-state index >= 15 is 0 Å². The van der Waals surface area contributed by atoms with E-state index in [0.29, 0.717) is 56.6 Å². The predicted octanol–water partition coefficient (Wildman–Crippen LogP) is 5.84. The van der Waals surface area contributed by atoms with E-state index in [1.807, 2.05) is 75.7 Å². The van der Waals surface area contributed by atoms with Crippen molar-refractivity contribution in [3.05, 3.63) is 59.7 Å². The zero-order valence-corrected chi connectivity index (χ0v) is 38.2. The van der Waals surface area contributed by atoms with E-state index in [1.165, 1.54) is 25.0 Å². The lowest BCUT2D eigenvalue weighted by Gasteiger charge is -2.29. The van der Waals surface area contributed by atoms with Gasteiger partial charge in [-0.15, -0.1) is 0 Å². The van der Waals surface area contributed by atoms with Gasteiger partial charge in [0, 0.05) is 39.0 Å². The van der Waals surface area contributed by atoms with Crippen molar-refractivity contribution in [2.75, 3.05) is 52.0 Å². The van der Waals surface area contributed by atoms with E-state index in [1.54, 1.807) is 37.1 Å². The van der Waals surface area contributed by atoms with Crippen LogP contribution < -0.4 is 25.8 Å². The molecule has 0 radical (unpaired) electrons. The summed E-state index contributed by atoms with van der Waals surface area (Å²) in [6.45, 7) is 12.3. The minimum atomic E-state index is -0.678. The molecule has 17 heteroatoms. The van der Waals surface area contributed by atoms with Gasteiger partial charge in [-0.3, -0.25) is 19.2 Å². The highest BCUT2D eigenvalue weighted by atomic mass is 33.1. The minimum absolute atomic E-state index is 0.0665. The number of primary amides is 1. The number of benzene rings is 2. The lowest BCUT2D eigenvalue weighted by atomic mass is 9.97. The first-order valence-corrected chi connectivity index (χ1v) is 23.1. The van der Waals surface area contributed by atoms with Gasteiger partial charge in [0.1, 0.15) is 34.6 Å². The lowest BCUT2D eigenvalue weighted by Crippen LogP contribution is -2.49. The van der Waals surface area contributed by atoms with Crippen molar-refractivity contribution in [1.29, 1.82) is 0 Å². The number of hydrogen-bond acceptors (Lipinski definition) is 12. The van der Waals surface area contributed by atoms with Gasteiger partial charge >= 0.3 is 12.1 Å². The van der Waals surface area contributed by atoms with Crippen LogP contribution >= 0.6 is 10.8 Å². The van der Waals surface area contributed by atoms with E-state index in [0.717, 1.165) is 24.0 Å². The summed E-state index contributed by atoms with van der Waals surface area (Å²) in [5.74, 6) is 2.64. The number of nitrogens with one attached hydrogen (secondary N) is 2. The molecule has 0 saturated carbocycles. The van der Waals surface area contributed by atoms with Crippen LogP contribution in [0.1, 0.15) is 83.8 Å². The number of rotatable bonds is 17. The van der Waals surface area contributed by atoms with E-state index < -0.39 is 12.3 Å². The first-order chi connectivity index (χ1) is 28.6. The third-order valence-electron chi connectivity index (χ3n) is 8.77. The van der Waals surface area contributed by atoms with E-state index in [2.05, 4.69) is 10.6 Å². The van der Waals surface area contributed by atoms with Crippen molar-refractivity contribution >= 4 is 57.1 Å². The summed E-state index contributed by atoms with van der Waals surface area (Å²) in [7, 11) is 5.54. The fourth-order valence-electron chi connectivity index (χ4n) is 5.32. The Balaban J connectivity index is 0.000000434. The number of nitrogens with two attached hydrogens (primary N) is 1. The van der Waals surface area contributed by atoms with Gasteiger partial charge in [-0.1, -0.05) is 63.1 Å². The zero-order chi connectivity index (χ0) is 44.9. The highest BCUT2D eigenvalue weighted by molar-refractivity contribution is 8.72. The molecular formula is C43H67N4O11S2+. The van der Waals surface area contributed by atoms with E-state index in [9.17, 15) is 28.8 Å². The van der Waals surface area contributed by atoms with Crippen molar-refractivity contribution in [2.24, 2.45) is 17.6 Å². The number of likely N-dealkylation sites (tertiary alicyclic amines) is 1. The Bertz CT molecular complexity index is 1570. The highest BCUT2D eigenvalue weighted by Crippen LogP contribution is 2.26. The molecule has 0 aromatic heterocycles. The molecule has 0 aliphatic carbocycles. The minimum Gasteiger partial charge on any atom is -0.484 e. The summed E-state index contributed by atoms with van der Waals surface area (Å²) in [5, 5.41) is 5.12. The van der Waals surface area contributed by atoms with Crippen LogP contribution in [0.4, 0.5) is 4.79 Å². The number of carbonyl (C=O) groups is 6. The van der Waals surface area contributed by atoms with Crippen molar-refractivity contribution in [3.63, 3.8) is 0 Å². The highest BCUT2D eigenvalue weighted by Gasteiger charge is 2.28. The standard InChI is InChI=1S/C17H24N2O4.C14H18N2O3.C8H16O3.C4H9OS2/c1-12(2)10-14(17(22)18-8-9-20)19-16(21)11-23-15-7-5-4-6-13(15)3;1-10-2-4-12(5-3-10)19-14(18)16-8-6-11(7-9-16)13(15)17;1-4-5-6-8(9)11-7(2)10-3;1-5-7-4-2-3-6-7/h4-7,9,12,14H,8,10-11H2,1-3H3,(H,18,22)(H,19,21);2-5,11H,6-9H2,1H3,(H2,15,17);7H,4-6H2,1-3H3;2-4H2,1H3/q;;;+1. The summed E-state index contributed by atoms with van der Waals surface area (Å²) >= 11 is 0. The molecule has 0 spiro atoms. The molecule has 4 N–H and O–H groups in total. The molecular weight excluding hydrogens is 813 g/mol. The van der Waals surface area contributed by atoms with Crippen molar-refractivity contribution in [2.45, 2.75) is 98.8 Å². The van der Waals surface area contributed by atoms with Crippen LogP contribution in [0, 0.1) is 25.7 Å². The molecule has 15 nitrogen and oxygen atoms in total. The Morgan fingerprint density at radius 2 is 1.67 bits per heavy atom. The third-order valence-corrected chi connectivity index (χ3v) is 12.7. The third kappa shape index (κ3) is 24.1. The summed E-state index contributed by atoms with van der Waals surface area (Å²) in [4.78, 5) is 69.8. The second-order valence-electron chi connectivity index (χ2n) is 14.3. The number of hydrogen-bond donors (Lipinski definition) is 3. The first kappa shape index (κ1) is 53.7. The fourth-order valence-corrected chi connectivity index (χ4v) is 8.62. The summed E-state index contributed by atoms with van der Waals surface area (Å²) in [6.07, 6.45) is 5.26. The summed E-state index contributed by atoms with van der Waals surface area (Å²) in [5.41, 5.74) is 7.30. The molecule has 2 saturated heterocycles. The molecule has 2 aromatic rings. The largest absolute Gasteiger partial charge is 0.484 e. The molecule has 2 aromatic carbocycles. The maximum absolute atomic E-state index is 12.0. The van der Waals surface area contributed by atoms with Gasteiger partial charge in [-0.05, 0) is 76.1 Å². The summed E-state index contributed by atoms with van der Waals surface area (Å²) < 4.78 is 25.4. The first-order valence-electron chi connectivity index (χ1n) is 20.3. The number of amides is 4. The maximum Gasteiger partial charge on any atom is 0.415 e. The molecule has 336 valence electrons. The normalized spacial score (nSPS) is 15.6. The van der Waals surface area contributed by atoms with Gasteiger partial charge in [0.25, 0.3) is 5.91 Å². The second-order valence-corrected chi connectivity index (χ2v) is 18.1. The number of aryl methyl sites for hydroxylation is 2. The van der Waals surface area contributed by atoms with Crippen LogP contribution in [0.3, 0.4) is 0 Å². The molecule has 2 aliphatic heterocycles. The summed E-state index contributed by atoms with van der Waals surface area (Å²) in [6, 6.07) is 14.0. The molecule has 2 fully saturated rings. The van der Waals surface area contributed by atoms with Gasteiger partial charge in [0.2, 0.25) is 22.0 Å². The SMILES string of the molecule is CCCCC(=O)OC(C)OC.CO[S+]1CCCS1.Cc1ccc(OC(=O)N2CCC(C(N)=O)CC2)cc1.Cc1ccccc1OCC(=O)NC(CC(C)C)C(=O)NCC=O. The van der Waals surface area contributed by atoms with Crippen LogP contribution in [0.5, 0.6) is 11.5 Å². The van der Waals surface area contributed by atoms with Gasteiger partial charge in [0.15, 0.2) is 18.6 Å². The molecule has 2 heterocycles. The Kier molecular flexibility index (Phi) is 28.2. The van der Waals surface area contributed by atoms with Gasteiger partial charge in [-0.25, -0.2) is 4.79 Å². The fraction of sp³-hybridized carbons (Fsp3) is 0.581. The number of para-hydroxylation sites is 1. The Hall–Kier alpha value is -4.32. The number of methoxy groups -OCH3 is 1. The molecule has 2 aliphatic rings. The van der Waals surface area contributed by atoms with E-state index in [-0.39, 0.29) is 65.0 Å². The van der Waals surface area contributed by atoms with Crippen molar-refractivity contribution in [3.8, 4) is 11.5 Å². The molecule has 3 unspecified atom stereocenters. The predicted molar refractivity (Wildman–Crippen MR) is 236 cm³/mol. The number of ether oxygens (including phenoxy) is 4. The van der Waals surface area contributed by atoms with Crippen LogP contribution in [-0.4, -0.2) is 105 Å². The quantitative estimate of drug-likeness (QED) is 0.0565. The van der Waals surface area contributed by atoms with Crippen LogP contribution in [0.2, 0.25) is 0 Å². The van der Waals surface area contributed by atoms with Crippen molar-refractivity contribution < 1.29 is 51.9 Å². The number of aldehydes is 1. The monoisotopic (exact) mass is 879 g/mol. The van der Waals surface area contributed by atoms with Gasteiger partial charge in [0.05, 0.1) is 19.4 Å². The van der Waals surface area contributed by atoms with Gasteiger partial charge in [-0.2, -0.15) is 4.18 Å². The van der Waals surface area contributed by atoms with Crippen LogP contribution in [0.25, 0.3) is 0 Å². The Labute approximate surface area is 362 Å². The topological polar surface area (TPSA) is 202 Å². The molecule has 60 heavy (non-hydrogen) atoms. The molecule has 4 rings (SSSR count). The number of carbonyl (C=O) groups excluding carboxylic acids is 6. The smallest absolute Gasteiger partial charge is 0.415 e. The second kappa shape index (κ2) is 31.5. The maximum atomic E-state index is 12.0. The molecule has 3 atom stereocenters. The van der Waals surface area contributed by atoms with Crippen LogP contribution in [0.15, 0.2) is 48.5 Å². The average Bonchev–Trinajstić information content (AvgIpc) is 3.77. The Morgan fingerprint density at radius 1 is 1.00 bits per heavy atom. The number of esters is 1. The number of unbranched alkanes of at least 4 members (excludes halogenated alkanes) is 1. The van der Waals surface area contributed by atoms with Gasteiger partial charge < -0.3 is 45.0 Å². The molecule has 0 bridgehead atoms. The Morgan fingerprint density at radius 3 is 2.18 bits per heavy atom. The zero-order valence-electron chi connectivity index (χ0n) is 36.5. The average molecular weight is 880 g/mol.